The van der Waals surface area contributed by atoms with Crippen molar-refractivity contribution in [2.24, 2.45) is 22.9 Å². The van der Waals surface area contributed by atoms with E-state index in [0.717, 1.165) is 24.0 Å². The van der Waals surface area contributed by atoms with Crippen LogP contribution in [-0.4, -0.2) is 45.9 Å². The molecule has 28 heavy (non-hydrogen) atoms. The van der Waals surface area contributed by atoms with Crippen molar-refractivity contribution in [3.05, 3.63) is 35.4 Å². The minimum Gasteiger partial charge on any atom is -0.370 e. The number of hydrogen-bond acceptors (Lipinski definition) is 4. The molecule has 158 valence electrons. The summed E-state index contributed by atoms with van der Waals surface area (Å²) < 4.78 is 0. The molecule has 1 rings (SSSR count). The van der Waals surface area contributed by atoms with Gasteiger partial charge in [0.25, 0.3) is 0 Å². The van der Waals surface area contributed by atoms with Gasteiger partial charge >= 0.3 is 0 Å². The molecule has 0 saturated heterocycles. The lowest BCUT2D eigenvalue weighted by atomic mass is 10.0. The Morgan fingerprint density at radius 2 is 1.04 bits per heavy atom. The summed E-state index contributed by atoms with van der Waals surface area (Å²) in [5.74, 6) is 0.0842. The Kier molecular flexibility index (Phi) is 8.26. The van der Waals surface area contributed by atoms with Gasteiger partial charge in [0.05, 0.1) is 0 Å². The number of guanidine groups is 2. The second kappa shape index (κ2) is 9.75. The van der Waals surface area contributed by atoms with E-state index < -0.39 is 0 Å². The number of nitrogens with zero attached hydrogens (tertiary/aromatic N) is 2. The van der Waals surface area contributed by atoms with Crippen LogP contribution in [0.4, 0.5) is 0 Å². The van der Waals surface area contributed by atoms with Gasteiger partial charge in [0.1, 0.15) is 0 Å². The van der Waals surface area contributed by atoms with Crippen molar-refractivity contribution in [1.29, 1.82) is 10.8 Å². The maximum atomic E-state index is 7.80. The Morgan fingerprint density at radius 1 is 0.750 bits per heavy atom. The smallest absolute Gasteiger partial charge is 0.188 e. The van der Waals surface area contributed by atoms with E-state index in [-0.39, 0.29) is 23.0 Å². The fourth-order valence-corrected chi connectivity index (χ4v) is 2.61. The maximum Gasteiger partial charge on any atom is 0.188 e. The van der Waals surface area contributed by atoms with Gasteiger partial charge in [0, 0.05) is 37.3 Å². The summed E-state index contributed by atoms with van der Waals surface area (Å²) in [4.78, 5) is 3.63. The number of nitrogens with one attached hydrogen (secondary N) is 2. The summed E-state index contributed by atoms with van der Waals surface area (Å²) in [6.07, 6.45) is 1.49. The van der Waals surface area contributed by atoms with Crippen LogP contribution in [0.3, 0.4) is 0 Å². The van der Waals surface area contributed by atoms with Gasteiger partial charge in [-0.1, -0.05) is 24.3 Å². The molecule has 0 aromatic heterocycles. The summed E-state index contributed by atoms with van der Waals surface area (Å²) in [5, 5.41) is 15.6. The predicted molar refractivity (Wildman–Crippen MR) is 117 cm³/mol. The third-order valence-corrected chi connectivity index (χ3v) is 4.50. The fraction of sp³-hybridized carbons (Fsp3) is 0.600. The maximum absolute atomic E-state index is 7.80. The predicted octanol–water partition coefficient (Wildman–Crippen LogP) is 1.33. The molecule has 8 heteroatoms. The fourth-order valence-electron chi connectivity index (χ4n) is 2.61. The lowest BCUT2D eigenvalue weighted by Crippen LogP contribution is -2.42. The molecule has 0 atom stereocenters. The van der Waals surface area contributed by atoms with E-state index in [1.807, 2.05) is 61.8 Å². The van der Waals surface area contributed by atoms with Crippen LogP contribution in [0.2, 0.25) is 0 Å². The van der Waals surface area contributed by atoms with Crippen molar-refractivity contribution in [3.8, 4) is 0 Å². The van der Waals surface area contributed by atoms with Crippen LogP contribution in [-0.2, 0) is 13.1 Å². The van der Waals surface area contributed by atoms with Crippen LogP contribution >= 0.6 is 0 Å². The first kappa shape index (κ1) is 23.7. The van der Waals surface area contributed by atoms with Gasteiger partial charge in [-0.3, -0.25) is 10.8 Å². The van der Waals surface area contributed by atoms with Crippen LogP contribution in [0.1, 0.15) is 51.7 Å². The van der Waals surface area contributed by atoms with Gasteiger partial charge < -0.3 is 32.7 Å². The average Bonchev–Trinajstić information content (AvgIpc) is 2.54. The summed E-state index contributed by atoms with van der Waals surface area (Å²) in [7, 11) is 0. The summed E-state index contributed by atoms with van der Waals surface area (Å²) in [6, 6.07) is 8.07. The molecule has 0 saturated carbocycles. The SMILES string of the molecule is CC(C)(N)CCN(Cc1ccc(CN(CCC(C)(C)N)C(=N)N)cc1)C(=N)N. The van der Waals surface area contributed by atoms with Gasteiger partial charge in [0.2, 0.25) is 0 Å². The molecule has 0 spiro atoms. The Labute approximate surface area is 169 Å². The van der Waals surface area contributed by atoms with E-state index in [1.54, 1.807) is 0 Å². The second-order valence-corrected chi connectivity index (χ2v) is 8.91. The van der Waals surface area contributed by atoms with Crippen LogP contribution < -0.4 is 22.9 Å². The molecule has 1 aromatic carbocycles. The monoisotopic (exact) mass is 390 g/mol. The van der Waals surface area contributed by atoms with Crippen LogP contribution in [0.15, 0.2) is 24.3 Å². The molecular weight excluding hydrogens is 352 g/mol. The highest BCUT2D eigenvalue weighted by molar-refractivity contribution is 5.75. The van der Waals surface area contributed by atoms with Crippen molar-refractivity contribution >= 4 is 11.9 Å². The van der Waals surface area contributed by atoms with Crippen molar-refractivity contribution < 1.29 is 0 Å². The summed E-state index contributed by atoms with van der Waals surface area (Å²) in [6.45, 7) is 10.2. The van der Waals surface area contributed by atoms with Gasteiger partial charge in [-0.05, 0) is 51.7 Å². The number of rotatable bonds is 10. The van der Waals surface area contributed by atoms with Crippen molar-refractivity contribution in [2.75, 3.05) is 13.1 Å². The topological polar surface area (TPSA) is 158 Å². The van der Waals surface area contributed by atoms with Gasteiger partial charge in [-0.2, -0.15) is 0 Å². The molecule has 0 bridgehead atoms. The Morgan fingerprint density at radius 3 is 1.25 bits per heavy atom. The molecule has 0 heterocycles. The highest BCUT2D eigenvalue weighted by Gasteiger charge is 2.16. The first-order valence-electron chi connectivity index (χ1n) is 9.60. The molecule has 0 aliphatic heterocycles. The highest BCUT2D eigenvalue weighted by Crippen LogP contribution is 2.13. The molecule has 0 aliphatic rings. The molecule has 8 nitrogen and oxygen atoms in total. The zero-order chi connectivity index (χ0) is 21.5. The largest absolute Gasteiger partial charge is 0.370 e. The Bertz CT molecular complexity index is 583. The van der Waals surface area contributed by atoms with E-state index in [4.69, 9.17) is 33.8 Å². The van der Waals surface area contributed by atoms with E-state index >= 15 is 0 Å². The standard InChI is InChI=1S/C20H38N8/c1-19(2,25)9-11-27(17(21)22)13-15-5-7-16(8-6-15)14-28(18(23)24)12-10-20(3,4)26/h5-8H,9-14,25-26H2,1-4H3,(H3,21,22)(H3,23,24). The summed E-state index contributed by atoms with van der Waals surface area (Å²) in [5.41, 5.74) is 25.1. The van der Waals surface area contributed by atoms with E-state index in [9.17, 15) is 0 Å². The molecule has 0 unspecified atom stereocenters. The zero-order valence-electron chi connectivity index (χ0n) is 17.8. The zero-order valence-corrected chi connectivity index (χ0v) is 17.8. The number of nitrogens with two attached hydrogens (primary N) is 4. The highest BCUT2D eigenvalue weighted by atomic mass is 15.2. The van der Waals surface area contributed by atoms with Crippen LogP contribution in [0.25, 0.3) is 0 Å². The first-order valence-corrected chi connectivity index (χ1v) is 9.60. The van der Waals surface area contributed by atoms with Crippen molar-refractivity contribution in [1.82, 2.24) is 9.80 Å². The molecule has 0 aliphatic carbocycles. The Hall–Kier alpha value is -2.32. The van der Waals surface area contributed by atoms with Crippen LogP contribution in [0.5, 0.6) is 0 Å². The molecule has 0 fully saturated rings. The normalized spacial score (nSPS) is 11.9. The molecule has 0 amide bonds. The molecular formula is C20H38N8. The third-order valence-electron chi connectivity index (χ3n) is 4.50. The third kappa shape index (κ3) is 9.57. The summed E-state index contributed by atoms with van der Waals surface area (Å²) >= 11 is 0. The first-order chi connectivity index (χ1) is 12.8. The average molecular weight is 391 g/mol. The lowest BCUT2D eigenvalue weighted by molar-refractivity contribution is 0.342. The second-order valence-electron chi connectivity index (χ2n) is 8.91. The lowest BCUT2D eigenvalue weighted by Gasteiger charge is -2.28. The Balaban J connectivity index is 2.72. The van der Waals surface area contributed by atoms with E-state index in [0.29, 0.717) is 26.2 Å². The molecule has 0 radical (unpaired) electrons. The quantitative estimate of drug-likeness (QED) is 0.261. The number of hydrogen-bond donors (Lipinski definition) is 6. The minimum atomic E-state index is -0.300. The van der Waals surface area contributed by atoms with E-state index in [1.165, 1.54) is 0 Å². The molecule has 10 N–H and O–H groups in total. The van der Waals surface area contributed by atoms with Gasteiger partial charge in [-0.25, -0.2) is 0 Å². The van der Waals surface area contributed by atoms with Crippen molar-refractivity contribution in [3.63, 3.8) is 0 Å². The van der Waals surface area contributed by atoms with E-state index in [2.05, 4.69) is 0 Å². The molecule has 1 aromatic rings. The van der Waals surface area contributed by atoms with Gasteiger partial charge in [-0.15, -0.1) is 0 Å². The van der Waals surface area contributed by atoms with Crippen molar-refractivity contribution in [2.45, 2.75) is 64.7 Å². The number of benzene rings is 1. The van der Waals surface area contributed by atoms with Crippen LogP contribution in [0, 0.1) is 10.8 Å². The van der Waals surface area contributed by atoms with Gasteiger partial charge in [0.15, 0.2) is 11.9 Å². The minimum absolute atomic E-state index is 0.0421.